The van der Waals surface area contributed by atoms with Gasteiger partial charge in [0.1, 0.15) is 16.5 Å². The van der Waals surface area contributed by atoms with Crippen LogP contribution in [0.5, 0.6) is 5.88 Å². The summed E-state index contributed by atoms with van der Waals surface area (Å²) in [6.45, 7) is 0.518. The molecule has 0 saturated heterocycles. The summed E-state index contributed by atoms with van der Waals surface area (Å²) in [6.07, 6.45) is 3.84. The van der Waals surface area contributed by atoms with Crippen LogP contribution in [0.4, 0.5) is 0 Å². The van der Waals surface area contributed by atoms with E-state index in [0.717, 1.165) is 18.4 Å². The smallest absolute Gasteiger partial charge is 0.341 e. The lowest BCUT2D eigenvalue weighted by Gasteiger charge is -2.08. The first-order chi connectivity index (χ1) is 10.2. The Hall–Kier alpha value is -2.39. The minimum atomic E-state index is -1.06. The average Bonchev–Trinajstić information content (AvgIpc) is 3.20. The van der Waals surface area contributed by atoms with Crippen LogP contribution in [0.3, 0.4) is 0 Å². The Balaban J connectivity index is 1.90. The fraction of sp³-hybridized carbons (Fsp3) is 0.267. The third kappa shape index (κ3) is 3.03. The van der Waals surface area contributed by atoms with Crippen LogP contribution in [0.1, 0.15) is 28.1 Å². The minimum absolute atomic E-state index is 0.0536. The number of pyridine rings is 1. The first-order valence-corrected chi connectivity index (χ1v) is 7.40. The largest absolute Gasteiger partial charge is 0.477 e. The Bertz CT molecular complexity index is 729. The Kier molecular flexibility index (Phi) is 3.59. The highest BCUT2D eigenvalue weighted by molar-refractivity contribution is 7.10. The molecule has 0 radical (unpaired) electrons. The van der Waals surface area contributed by atoms with E-state index in [4.69, 9.17) is 10.00 Å². The van der Waals surface area contributed by atoms with Crippen LogP contribution in [-0.4, -0.2) is 22.7 Å². The maximum atomic E-state index is 11.4. The van der Waals surface area contributed by atoms with Gasteiger partial charge in [-0.1, -0.05) is 0 Å². The van der Waals surface area contributed by atoms with Gasteiger partial charge in [-0.3, -0.25) is 0 Å². The molecule has 2 aromatic heterocycles. The summed E-state index contributed by atoms with van der Waals surface area (Å²) in [5.41, 5.74) is 1.52. The van der Waals surface area contributed by atoms with Gasteiger partial charge in [0.15, 0.2) is 0 Å². The van der Waals surface area contributed by atoms with E-state index in [9.17, 15) is 9.90 Å². The first kappa shape index (κ1) is 13.6. The molecule has 2 aromatic rings. The Morgan fingerprint density at radius 3 is 2.90 bits per heavy atom. The SMILES string of the molecule is N#Cc1cc(-c2cnc(OCC3CC3)c(C(=O)O)c2)cs1. The number of hydrogen-bond acceptors (Lipinski definition) is 5. The van der Waals surface area contributed by atoms with Crippen molar-refractivity contribution in [3.05, 3.63) is 34.2 Å². The topological polar surface area (TPSA) is 83.2 Å². The van der Waals surface area contributed by atoms with Crippen molar-refractivity contribution in [2.75, 3.05) is 6.61 Å². The van der Waals surface area contributed by atoms with Crippen LogP contribution < -0.4 is 4.74 Å². The maximum Gasteiger partial charge on any atom is 0.341 e. The lowest BCUT2D eigenvalue weighted by Crippen LogP contribution is -2.07. The van der Waals surface area contributed by atoms with E-state index < -0.39 is 5.97 Å². The molecule has 1 aliphatic carbocycles. The van der Waals surface area contributed by atoms with E-state index >= 15 is 0 Å². The van der Waals surface area contributed by atoms with Gasteiger partial charge >= 0.3 is 5.97 Å². The number of thiophene rings is 1. The molecule has 0 spiro atoms. The fourth-order valence-corrected chi connectivity index (χ4v) is 2.61. The van der Waals surface area contributed by atoms with Gasteiger partial charge in [-0.15, -0.1) is 11.3 Å². The number of nitrogens with zero attached hydrogens (tertiary/aromatic N) is 2. The third-order valence-electron chi connectivity index (χ3n) is 3.28. The zero-order valence-corrected chi connectivity index (χ0v) is 11.9. The van der Waals surface area contributed by atoms with Crippen molar-refractivity contribution in [3.8, 4) is 23.1 Å². The molecule has 1 fully saturated rings. The molecule has 1 saturated carbocycles. The van der Waals surface area contributed by atoms with Gasteiger partial charge in [0.25, 0.3) is 0 Å². The van der Waals surface area contributed by atoms with Crippen LogP contribution in [0.2, 0.25) is 0 Å². The van der Waals surface area contributed by atoms with Crippen LogP contribution in [0.25, 0.3) is 11.1 Å². The standard InChI is InChI=1S/C15H12N2O3S/c16-5-12-3-11(8-21-12)10-4-13(15(18)19)14(17-6-10)20-7-9-1-2-9/h3-4,6,8-9H,1-2,7H2,(H,18,19). The highest BCUT2D eigenvalue weighted by Crippen LogP contribution is 2.31. The Morgan fingerprint density at radius 2 is 2.29 bits per heavy atom. The molecule has 0 aromatic carbocycles. The molecule has 1 aliphatic rings. The van der Waals surface area contributed by atoms with Gasteiger partial charge in [0.2, 0.25) is 5.88 Å². The van der Waals surface area contributed by atoms with Crippen molar-refractivity contribution in [1.82, 2.24) is 4.98 Å². The summed E-state index contributed by atoms with van der Waals surface area (Å²) < 4.78 is 5.50. The molecule has 0 amide bonds. The summed E-state index contributed by atoms with van der Waals surface area (Å²) >= 11 is 1.32. The minimum Gasteiger partial charge on any atom is -0.477 e. The van der Waals surface area contributed by atoms with Crippen LogP contribution in [0, 0.1) is 17.2 Å². The lowest BCUT2D eigenvalue weighted by molar-refractivity contribution is 0.0691. The molecule has 3 rings (SSSR count). The number of carbonyl (C=O) groups is 1. The van der Waals surface area contributed by atoms with Crippen molar-refractivity contribution < 1.29 is 14.6 Å². The second kappa shape index (κ2) is 5.54. The number of aromatic nitrogens is 1. The summed E-state index contributed by atoms with van der Waals surface area (Å²) in [5, 5.41) is 20.0. The summed E-state index contributed by atoms with van der Waals surface area (Å²) in [7, 11) is 0. The van der Waals surface area contributed by atoms with Gasteiger partial charge in [-0.25, -0.2) is 9.78 Å². The van der Waals surface area contributed by atoms with Gasteiger partial charge in [0.05, 0.1) is 6.61 Å². The second-order valence-corrected chi connectivity index (χ2v) is 5.86. The second-order valence-electron chi connectivity index (χ2n) is 4.95. The summed E-state index contributed by atoms with van der Waals surface area (Å²) in [6, 6.07) is 5.33. The normalized spacial score (nSPS) is 13.7. The molecule has 0 aliphatic heterocycles. The van der Waals surface area contributed by atoms with Crippen molar-refractivity contribution >= 4 is 17.3 Å². The molecule has 5 nitrogen and oxygen atoms in total. The average molecular weight is 300 g/mol. The number of hydrogen-bond donors (Lipinski definition) is 1. The third-order valence-corrected chi connectivity index (χ3v) is 4.11. The molecule has 6 heteroatoms. The monoisotopic (exact) mass is 300 g/mol. The van der Waals surface area contributed by atoms with E-state index in [1.165, 1.54) is 11.3 Å². The van der Waals surface area contributed by atoms with Crippen LogP contribution in [-0.2, 0) is 0 Å². The quantitative estimate of drug-likeness (QED) is 0.917. The zero-order valence-electron chi connectivity index (χ0n) is 11.1. The van der Waals surface area contributed by atoms with Crippen molar-refractivity contribution in [2.24, 2.45) is 5.92 Å². The van der Waals surface area contributed by atoms with Crippen molar-refractivity contribution in [1.29, 1.82) is 5.26 Å². The number of nitriles is 1. The van der Waals surface area contributed by atoms with E-state index in [2.05, 4.69) is 11.1 Å². The highest BCUT2D eigenvalue weighted by atomic mass is 32.1. The molecule has 21 heavy (non-hydrogen) atoms. The van der Waals surface area contributed by atoms with Crippen molar-refractivity contribution in [3.63, 3.8) is 0 Å². The predicted molar refractivity (Wildman–Crippen MR) is 77.4 cm³/mol. The number of rotatable bonds is 5. The molecular formula is C15H12N2O3S. The van der Waals surface area contributed by atoms with Crippen molar-refractivity contribution in [2.45, 2.75) is 12.8 Å². The number of ether oxygens (including phenoxy) is 1. The van der Waals surface area contributed by atoms with E-state index in [1.807, 2.05) is 5.38 Å². The first-order valence-electron chi connectivity index (χ1n) is 6.52. The molecule has 106 valence electrons. The van der Waals surface area contributed by atoms with Gasteiger partial charge < -0.3 is 9.84 Å². The van der Waals surface area contributed by atoms with E-state index in [-0.39, 0.29) is 11.4 Å². The number of carboxylic acids is 1. The van der Waals surface area contributed by atoms with Crippen LogP contribution >= 0.6 is 11.3 Å². The molecule has 0 bridgehead atoms. The van der Waals surface area contributed by atoms with Gasteiger partial charge in [-0.2, -0.15) is 5.26 Å². The molecule has 0 atom stereocenters. The molecule has 2 heterocycles. The number of aromatic carboxylic acids is 1. The Morgan fingerprint density at radius 1 is 1.48 bits per heavy atom. The maximum absolute atomic E-state index is 11.4. The van der Waals surface area contributed by atoms with E-state index in [0.29, 0.717) is 23.0 Å². The predicted octanol–water partition coefficient (Wildman–Crippen LogP) is 3.17. The highest BCUT2D eigenvalue weighted by Gasteiger charge is 2.24. The van der Waals surface area contributed by atoms with Gasteiger partial charge in [-0.05, 0) is 36.5 Å². The fourth-order valence-electron chi connectivity index (χ4n) is 1.91. The summed E-state index contributed by atoms with van der Waals surface area (Å²) in [4.78, 5) is 16.1. The Labute approximate surface area is 125 Å². The van der Waals surface area contributed by atoms with Gasteiger partial charge in [0, 0.05) is 17.1 Å². The molecular weight excluding hydrogens is 288 g/mol. The number of carboxylic acid groups (broad SMARTS) is 1. The van der Waals surface area contributed by atoms with Crippen LogP contribution in [0.15, 0.2) is 23.7 Å². The van der Waals surface area contributed by atoms with E-state index in [1.54, 1.807) is 18.3 Å². The lowest BCUT2D eigenvalue weighted by atomic mass is 10.1. The zero-order chi connectivity index (χ0) is 14.8. The molecule has 0 unspecified atom stereocenters. The molecule has 1 N–H and O–H groups in total. The summed E-state index contributed by atoms with van der Waals surface area (Å²) in [5.74, 6) is -0.372.